The van der Waals surface area contributed by atoms with Gasteiger partial charge in [0.15, 0.2) is 0 Å². The third kappa shape index (κ3) is 5.55. The van der Waals surface area contributed by atoms with Crippen molar-refractivity contribution in [3.63, 3.8) is 0 Å². The summed E-state index contributed by atoms with van der Waals surface area (Å²) in [6.07, 6.45) is 5.87. The van der Waals surface area contributed by atoms with Crippen molar-refractivity contribution in [2.45, 2.75) is 44.4 Å². The highest BCUT2D eigenvalue weighted by atomic mass is 35.5. The molecule has 2 aromatic carbocycles. The van der Waals surface area contributed by atoms with Crippen LogP contribution in [-0.4, -0.2) is 17.1 Å². The Morgan fingerprint density at radius 2 is 1.90 bits per heavy atom. The summed E-state index contributed by atoms with van der Waals surface area (Å²) in [4.78, 5) is 4.46. The first-order valence-electron chi connectivity index (χ1n) is 10.5. The van der Waals surface area contributed by atoms with Gasteiger partial charge in [-0.3, -0.25) is 0 Å². The monoisotopic (exact) mass is 432 g/mol. The highest BCUT2D eigenvalue weighted by molar-refractivity contribution is 6.33. The Bertz CT molecular complexity index is 1090. The number of nitrogens with two attached hydrogens (primary N) is 1. The van der Waals surface area contributed by atoms with Crippen LogP contribution in [0.2, 0.25) is 5.02 Å². The van der Waals surface area contributed by atoms with Gasteiger partial charge in [0.2, 0.25) is 0 Å². The minimum absolute atomic E-state index is 0.317. The van der Waals surface area contributed by atoms with Crippen LogP contribution in [0.25, 0.3) is 11.1 Å². The molecule has 5 nitrogen and oxygen atoms in total. The third-order valence-electron chi connectivity index (χ3n) is 5.59. The number of pyridine rings is 1. The second-order valence-corrected chi connectivity index (χ2v) is 8.34. The molecule has 1 aliphatic carbocycles. The molecule has 158 valence electrons. The number of halogens is 1. The quantitative estimate of drug-likeness (QED) is 0.534. The first kappa shape index (κ1) is 21.2. The van der Waals surface area contributed by atoms with Crippen molar-refractivity contribution in [2.24, 2.45) is 5.73 Å². The number of hydrogen-bond acceptors (Lipinski definition) is 5. The Hall–Kier alpha value is -3.07. The molecule has 0 atom stereocenters. The highest BCUT2D eigenvalue weighted by Gasteiger charge is 2.19. The molecule has 3 aromatic rings. The number of nitrogens with one attached hydrogen (secondary N) is 1. The molecule has 1 saturated carbocycles. The smallest absolute Gasteiger partial charge is 0.126 e. The molecule has 0 bridgehead atoms. The van der Waals surface area contributed by atoms with E-state index in [1.807, 2.05) is 48.5 Å². The zero-order chi connectivity index (χ0) is 21.6. The van der Waals surface area contributed by atoms with Crippen molar-refractivity contribution in [1.29, 1.82) is 5.26 Å². The van der Waals surface area contributed by atoms with Crippen molar-refractivity contribution < 1.29 is 4.74 Å². The van der Waals surface area contributed by atoms with Crippen LogP contribution in [0, 0.1) is 11.3 Å². The molecular weight excluding hydrogens is 408 g/mol. The molecule has 6 heteroatoms. The van der Waals surface area contributed by atoms with Gasteiger partial charge in [0, 0.05) is 23.8 Å². The summed E-state index contributed by atoms with van der Waals surface area (Å²) in [6.45, 7) is 0.389. The van der Waals surface area contributed by atoms with Crippen LogP contribution in [0.5, 0.6) is 5.75 Å². The SMILES string of the molecule is N#Cc1cccc(COc2cccc(-c3cc(NC4CCC(N)CC4)ncc3Cl)c2)c1. The van der Waals surface area contributed by atoms with Crippen LogP contribution in [0.4, 0.5) is 5.82 Å². The van der Waals surface area contributed by atoms with E-state index in [0.717, 1.165) is 53.9 Å². The van der Waals surface area contributed by atoms with Crippen molar-refractivity contribution in [2.75, 3.05) is 5.32 Å². The molecule has 1 aliphatic rings. The average molecular weight is 433 g/mol. The van der Waals surface area contributed by atoms with Crippen LogP contribution in [0.3, 0.4) is 0 Å². The molecule has 0 saturated heterocycles. The van der Waals surface area contributed by atoms with Gasteiger partial charge in [0.25, 0.3) is 0 Å². The zero-order valence-corrected chi connectivity index (χ0v) is 18.0. The van der Waals surface area contributed by atoms with Gasteiger partial charge in [-0.05, 0) is 67.1 Å². The topological polar surface area (TPSA) is 84.0 Å². The predicted molar refractivity (Wildman–Crippen MR) is 124 cm³/mol. The largest absolute Gasteiger partial charge is 0.489 e. The maximum absolute atomic E-state index is 9.05. The fourth-order valence-corrected chi connectivity index (χ4v) is 4.07. The Kier molecular flexibility index (Phi) is 6.71. The molecular formula is C25H25ClN4O. The van der Waals surface area contributed by atoms with Crippen molar-refractivity contribution in [3.8, 4) is 22.9 Å². The minimum atomic E-state index is 0.317. The summed E-state index contributed by atoms with van der Waals surface area (Å²) in [7, 11) is 0. The molecule has 1 aromatic heterocycles. The molecule has 0 unspecified atom stereocenters. The first-order chi connectivity index (χ1) is 15.1. The van der Waals surface area contributed by atoms with Crippen molar-refractivity contribution >= 4 is 17.4 Å². The van der Waals surface area contributed by atoms with Gasteiger partial charge in [-0.1, -0.05) is 35.9 Å². The molecule has 31 heavy (non-hydrogen) atoms. The number of aromatic nitrogens is 1. The maximum Gasteiger partial charge on any atom is 0.126 e. The lowest BCUT2D eigenvalue weighted by molar-refractivity contribution is 0.306. The summed E-state index contributed by atoms with van der Waals surface area (Å²) < 4.78 is 5.96. The van der Waals surface area contributed by atoms with E-state index in [1.165, 1.54) is 0 Å². The Labute approximate surface area is 187 Å². The van der Waals surface area contributed by atoms with E-state index in [1.54, 1.807) is 12.3 Å². The predicted octanol–water partition coefficient (Wildman–Crippen LogP) is 5.53. The molecule has 0 amide bonds. The van der Waals surface area contributed by atoms with E-state index in [2.05, 4.69) is 16.4 Å². The van der Waals surface area contributed by atoms with Crippen molar-refractivity contribution in [3.05, 3.63) is 76.9 Å². The Morgan fingerprint density at radius 1 is 1.10 bits per heavy atom. The number of ether oxygens (including phenoxy) is 1. The molecule has 3 N–H and O–H groups in total. The average Bonchev–Trinajstić information content (AvgIpc) is 2.81. The summed E-state index contributed by atoms with van der Waals surface area (Å²) in [5.74, 6) is 1.56. The molecule has 1 heterocycles. The number of benzene rings is 2. The van der Waals surface area contributed by atoms with Gasteiger partial charge in [-0.2, -0.15) is 5.26 Å². The third-order valence-corrected chi connectivity index (χ3v) is 5.89. The van der Waals surface area contributed by atoms with Gasteiger partial charge in [0.1, 0.15) is 18.2 Å². The molecule has 4 rings (SSSR count). The number of hydrogen-bond donors (Lipinski definition) is 2. The van der Waals surface area contributed by atoms with E-state index >= 15 is 0 Å². The van der Waals surface area contributed by atoms with Gasteiger partial charge in [0.05, 0.1) is 16.7 Å². The lowest BCUT2D eigenvalue weighted by Crippen LogP contribution is -2.33. The molecule has 0 spiro atoms. The van der Waals surface area contributed by atoms with Crippen LogP contribution >= 0.6 is 11.6 Å². The van der Waals surface area contributed by atoms with E-state index in [9.17, 15) is 0 Å². The number of anilines is 1. The molecule has 1 fully saturated rings. The van der Waals surface area contributed by atoms with E-state index < -0.39 is 0 Å². The lowest BCUT2D eigenvalue weighted by atomic mass is 9.92. The number of rotatable bonds is 6. The molecule has 0 aliphatic heterocycles. The summed E-state index contributed by atoms with van der Waals surface area (Å²) in [5.41, 5.74) is 9.45. The van der Waals surface area contributed by atoms with E-state index in [0.29, 0.717) is 29.3 Å². The van der Waals surface area contributed by atoms with Crippen molar-refractivity contribution in [1.82, 2.24) is 4.98 Å². The van der Waals surface area contributed by atoms with Crippen LogP contribution in [0.1, 0.15) is 36.8 Å². The highest BCUT2D eigenvalue weighted by Crippen LogP contribution is 2.32. The zero-order valence-electron chi connectivity index (χ0n) is 17.2. The lowest BCUT2D eigenvalue weighted by Gasteiger charge is -2.27. The number of nitrogens with zero attached hydrogens (tertiary/aromatic N) is 2. The number of nitriles is 1. The second kappa shape index (κ2) is 9.82. The van der Waals surface area contributed by atoms with E-state index in [-0.39, 0.29) is 0 Å². The van der Waals surface area contributed by atoms with Crippen LogP contribution in [0.15, 0.2) is 60.8 Å². The van der Waals surface area contributed by atoms with Gasteiger partial charge in [-0.15, -0.1) is 0 Å². The molecule has 0 radical (unpaired) electrons. The Morgan fingerprint density at radius 3 is 2.71 bits per heavy atom. The maximum atomic E-state index is 9.05. The minimum Gasteiger partial charge on any atom is -0.489 e. The van der Waals surface area contributed by atoms with Crippen LogP contribution < -0.4 is 15.8 Å². The fourth-order valence-electron chi connectivity index (χ4n) is 3.86. The Balaban J connectivity index is 1.48. The normalized spacial score (nSPS) is 18.2. The fraction of sp³-hybridized carbons (Fsp3) is 0.280. The summed E-state index contributed by atoms with van der Waals surface area (Å²) in [6, 6.07) is 20.1. The van der Waals surface area contributed by atoms with E-state index in [4.69, 9.17) is 27.3 Å². The first-order valence-corrected chi connectivity index (χ1v) is 10.9. The second-order valence-electron chi connectivity index (χ2n) is 7.93. The standard InChI is InChI=1S/C25H25ClN4O/c26-24-15-29-25(30-21-9-7-20(28)8-10-21)13-23(24)19-5-2-6-22(12-19)31-16-18-4-1-3-17(11-18)14-27/h1-6,11-13,15,20-21H,7-10,16,28H2,(H,29,30). The summed E-state index contributed by atoms with van der Waals surface area (Å²) in [5, 5.41) is 13.2. The van der Waals surface area contributed by atoms with Gasteiger partial charge < -0.3 is 15.8 Å². The van der Waals surface area contributed by atoms with Gasteiger partial charge >= 0.3 is 0 Å². The van der Waals surface area contributed by atoms with Gasteiger partial charge in [-0.25, -0.2) is 4.98 Å². The van der Waals surface area contributed by atoms with Crippen LogP contribution in [-0.2, 0) is 6.61 Å². The summed E-state index contributed by atoms with van der Waals surface area (Å²) >= 11 is 6.47.